The van der Waals surface area contributed by atoms with E-state index in [0.717, 1.165) is 17.0 Å². The van der Waals surface area contributed by atoms with Gasteiger partial charge in [-0.25, -0.2) is 15.0 Å². The molecule has 0 unspecified atom stereocenters. The Morgan fingerprint density at radius 1 is 1.25 bits per heavy atom. The predicted octanol–water partition coefficient (Wildman–Crippen LogP) is 2.96. The highest BCUT2D eigenvalue weighted by molar-refractivity contribution is 7.98. The minimum Gasteiger partial charge on any atom is -0.384 e. The lowest BCUT2D eigenvalue weighted by molar-refractivity contribution is 0.939. The summed E-state index contributed by atoms with van der Waals surface area (Å²) in [7, 11) is 0. The number of nitrogens with two attached hydrogens (primary N) is 1. The van der Waals surface area contributed by atoms with Crippen molar-refractivity contribution in [2.45, 2.75) is 17.8 Å². The molecule has 0 amide bonds. The van der Waals surface area contributed by atoms with Crippen LogP contribution in [-0.4, -0.2) is 19.4 Å². The zero-order valence-electron chi connectivity index (χ0n) is 10.7. The Labute approximate surface area is 125 Å². The minimum atomic E-state index is 0.488. The van der Waals surface area contributed by atoms with E-state index in [4.69, 9.17) is 17.3 Å². The number of anilines is 1. The van der Waals surface area contributed by atoms with Gasteiger partial charge in [0.25, 0.3) is 0 Å². The molecule has 0 bridgehead atoms. The number of imidazole rings is 1. The molecule has 3 rings (SSSR count). The molecule has 5 nitrogen and oxygen atoms in total. The van der Waals surface area contributed by atoms with Gasteiger partial charge in [0, 0.05) is 29.9 Å². The Morgan fingerprint density at radius 3 is 2.90 bits per heavy atom. The lowest BCUT2D eigenvalue weighted by Gasteiger charge is -2.00. The van der Waals surface area contributed by atoms with Crippen LogP contribution in [0.2, 0.25) is 5.02 Å². The number of aryl methyl sites for hydroxylation is 1. The first-order valence-electron chi connectivity index (χ1n) is 5.97. The van der Waals surface area contributed by atoms with Gasteiger partial charge >= 0.3 is 0 Å². The summed E-state index contributed by atoms with van der Waals surface area (Å²) >= 11 is 7.46. The Hall–Kier alpha value is -1.79. The maximum atomic E-state index is 5.95. The SMILES string of the molecule is Cc1cc(N)nc(SCc2cn3cc(Cl)ccc3n2)n1. The van der Waals surface area contributed by atoms with Gasteiger partial charge in [0.1, 0.15) is 11.5 Å². The maximum Gasteiger partial charge on any atom is 0.190 e. The van der Waals surface area contributed by atoms with Crippen molar-refractivity contribution in [3.63, 3.8) is 0 Å². The molecule has 20 heavy (non-hydrogen) atoms. The quantitative estimate of drug-likeness (QED) is 0.595. The first-order chi connectivity index (χ1) is 9.60. The molecular weight excluding hydrogens is 294 g/mol. The van der Waals surface area contributed by atoms with Gasteiger partial charge in [0.15, 0.2) is 5.16 Å². The first-order valence-corrected chi connectivity index (χ1v) is 7.33. The molecule has 0 aliphatic rings. The van der Waals surface area contributed by atoms with Crippen LogP contribution in [0.1, 0.15) is 11.4 Å². The molecule has 7 heteroatoms. The van der Waals surface area contributed by atoms with E-state index in [1.807, 2.05) is 35.9 Å². The second-order valence-electron chi connectivity index (χ2n) is 4.35. The van der Waals surface area contributed by atoms with Crippen LogP contribution in [0, 0.1) is 6.92 Å². The smallest absolute Gasteiger partial charge is 0.190 e. The van der Waals surface area contributed by atoms with Crippen LogP contribution in [0.3, 0.4) is 0 Å². The monoisotopic (exact) mass is 305 g/mol. The van der Waals surface area contributed by atoms with Crippen LogP contribution >= 0.6 is 23.4 Å². The summed E-state index contributed by atoms with van der Waals surface area (Å²) in [5.74, 6) is 1.17. The van der Waals surface area contributed by atoms with Crippen molar-refractivity contribution < 1.29 is 0 Å². The number of aromatic nitrogens is 4. The molecule has 0 aliphatic carbocycles. The highest BCUT2D eigenvalue weighted by Gasteiger charge is 2.05. The highest BCUT2D eigenvalue weighted by atomic mass is 35.5. The van der Waals surface area contributed by atoms with Crippen molar-refractivity contribution in [2.75, 3.05) is 5.73 Å². The van der Waals surface area contributed by atoms with Crippen molar-refractivity contribution in [2.24, 2.45) is 0 Å². The summed E-state index contributed by atoms with van der Waals surface area (Å²) in [6, 6.07) is 5.46. The van der Waals surface area contributed by atoms with E-state index >= 15 is 0 Å². The van der Waals surface area contributed by atoms with Gasteiger partial charge in [-0.05, 0) is 19.1 Å². The number of hydrogen-bond acceptors (Lipinski definition) is 5. The highest BCUT2D eigenvalue weighted by Crippen LogP contribution is 2.21. The standard InChI is InChI=1S/C13H12ClN5S/c1-8-4-11(15)18-13(16-8)20-7-10-6-19-5-9(14)2-3-12(19)17-10/h2-6H,7H2,1H3,(H2,15,16,18). The molecule has 3 aromatic rings. The summed E-state index contributed by atoms with van der Waals surface area (Å²) in [4.78, 5) is 13.0. The van der Waals surface area contributed by atoms with E-state index < -0.39 is 0 Å². The van der Waals surface area contributed by atoms with Gasteiger partial charge in [-0.1, -0.05) is 23.4 Å². The molecule has 0 atom stereocenters. The minimum absolute atomic E-state index is 0.488. The second kappa shape index (κ2) is 5.30. The molecule has 0 saturated carbocycles. The van der Waals surface area contributed by atoms with E-state index in [9.17, 15) is 0 Å². The third-order valence-electron chi connectivity index (χ3n) is 2.67. The van der Waals surface area contributed by atoms with Crippen LogP contribution in [0.5, 0.6) is 0 Å². The number of nitrogens with zero attached hydrogens (tertiary/aromatic N) is 4. The summed E-state index contributed by atoms with van der Waals surface area (Å²) in [5.41, 5.74) is 8.39. The largest absolute Gasteiger partial charge is 0.384 e. The van der Waals surface area contributed by atoms with E-state index in [1.54, 1.807) is 6.07 Å². The average molecular weight is 306 g/mol. The third kappa shape index (κ3) is 2.86. The molecule has 102 valence electrons. The lowest BCUT2D eigenvalue weighted by Crippen LogP contribution is -1.96. The van der Waals surface area contributed by atoms with Crippen molar-refractivity contribution in [3.8, 4) is 0 Å². The fourth-order valence-electron chi connectivity index (χ4n) is 1.85. The van der Waals surface area contributed by atoms with E-state index in [2.05, 4.69) is 15.0 Å². The summed E-state index contributed by atoms with van der Waals surface area (Å²) in [5, 5.41) is 1.35. The Balaban J connectivity index is 1.79. The van der Waals surface area contributed by atoms with Gasteiger partial charge in [0.05, 0.1) is 10.7 Å². The Bertz CT molecular complexity index is 750. The average Bonchev–Trinajstić information content (AvgIpc) is 2.77. The number of fused-ring (bicyclic) bond motifs is 1. The fraction of sp³-hybridized carbons (Fsp3) is 0.154. The van der Waals surface area contributed by atoms with Crippen LogP contribution in [-0.2, 0) is 5.75 Å². The van der Waals surface area contributed by atoms with Crippen LogP contribution in [0.15, 0.2) is 35.7 Å². The number of hydrogen-bond donors (Lipinski definition) is 1. The van der Waals surface area contributed by atoms with E-state index in [0.29, 0.717) is 21.7 Å². The number of rotatable bonds is 3. The van der Waals surface area contributed by atoms with Crippen molar-refractivity contribution in [3.05, 3.63) is 47.0 Å². The van der Waals surface area contributed by atoms with Gasteiger partial charge in [-0.15, -0.1) is 0 Å². The van der Waals surface area contributed by atoms with Gasteiger partial charge in [-0.2, -0.15) is 0 Å². The molecule has 0 aromatic carbocycles. The van der Waals surface area contributed by atoms with E-state index in [-0.39, 0.29) is 0 Å². The zero-order valence-corrected chi connectivity index (χ0v) is 12.3. The van der Waals surface area contributed by atoms with Crippen LogP contribution in [0.4, 0.5) is 5.82 Å². The summed E-state index contributed by atoms with van der Waals surface area (Å²) in [6.07, 6.45) is 3.78. The number of pyridine rings is 1. The fourth-order valence-corrected chi connectivity index (χ4v) is 2.82. The molecular formula is C13H12ClN5S. The summed E-state index contributed by atoms with van der Waals surface area (Å²) < 4.78 is 1.91. The predicted molar refractivity (Wildman–Crippen MR) is 80.9 cm³/mol. The Morgan fingerprint density at radius 2 is 2.10 bits per heavy atom. The van der Waals surface area contributed by atoms with Crippen molar-refractivity contribution in [1.82, 2.24) is 19.4 Å². The molecule has 0 saturated heterocycles. The molecule has 3 aromatic heterocycles. The number of nitrogen functional groups attached to an aromatic ring is 1. The molecule has 0 aliphatic heterocycles. The molecule has 2 N–H and O–H groups in total. The maximum absolute atomic E-state index is 5.95. The molecule has 0 radical (unpaired) electrons. The van der Waals surface area contributed by atoms with Gasteiger partial charge < -0.3 is 10.1 Å². The Kier molecular flexibility index (Phi) is 3.50. The third-order valence-corrected chi connectivity index (χ3v) is 3.77. The molecule has 0 spiro atoms. The second-order valence-corrected chi connectivity index (χ2v) is 5.73. The molecule has 3 heterocycles. The number of thioether (sulfide) groups is 1. The number of halogens is 1. The van der Waals surface area contributed by atoms with Crippen molar-refractivity contribution >= 4 is 34.8 Å². The van der Waals surface area contributed by atoms with Gasteiger partial charge in [0.2, 0.25) is 0 Å². The summed E-state index contributed by atoms with van der Waals surface area (Å²) in [6.45, 7) is 1.90. The topological polar surface area (TPSA) is 69.1 Å². The molecule has 0 fully saturated rings. The first kappa shape index (κ1) is 13.2. The lowest BCUT2D eigenvalue weighted by atomic mass is 10.4. The van der Waals surface area contributed by atoms with Crippen LogP contribution < -0.4 is 5.73 Å². The zero-order chi connectivity index (χ0) is 14.1. The van der Waals surface area contributed by atoms with Crippen LogP contribution in [0.25, 0.3) is 5.65 Å². The normalized spacial score (nSPS) is 11.1. The van der Waals surface area contributed by atoms with Crippen molar-refractivity contribution in [1.29, 1.82) is 0 Å². The van der Waals surface area contributed by atoms with E-state index in [1.165, 1.54) is 11.8 Å². The van der Waals surface area contributed by atoms with Gasteiger partial charge in [-0.3, -0.25) is 0 Å².